The van der Waals surface area contributed by atoms with E-state index >= 15 is 0 Å². The monoisotopic (exact) mass is 308 g/mol. The minimum atomic E-state index is -0.602. The van der Waals surface area contributed by atoms with Gasteiger partial charge in [0.1, 0.15) is 0 Å². The van der Waals surface area contributed by atoms with Gasteiger partial charge in [0.05, 0.1) is 5.60 Å². The summed E-state index contributed by atoms with van der Waals surface area (Å²) in [5.74, 6) is 2.02. The summed E-state index contributed by atoms with van der Waals surface area (Å²) in [5.41, 5.74) is 0.215. The van der Waals surface area contributed by atoms with E-state index in [2.05, 4.69) is 10.6 Å². The Morgan fingerprint density at radius 1 is 1.33 bits per heavy atom. The molecule has 0 radical (unpaired) electrons. The molecule has 1 aliphatic heterocycles. The van der Waals surface area contributed by atoms with Crippen LogP contribution in [0, 0.1) is 0 Å². The first-order valence-electron chi connectivity index (χ1n) is 7.46. The fourth-order valence-corrected chi connectivity index (χ4v) is 3.63. The first-order chi connectivity index (χ1) is 10.1. The second-order valence-corrected chi connectivity index (χ2v) is 6.96. The lowest BCUT2D eigenvalue weighted by Crippen LogP contribution is -2.46. The highest BCUT2D eigenvalue weighted by atomic mass is 32.2. The van der Waals surface area contributed by atoms with Gasteiger partial charge in [0.2, 0.25) is 5.91 Å². The van der Waals surface area contributed by atoms with Crippen molar-refractivity contribution >= 4 is 23.4 Å². The second kappa shape index (κ2) is 7.82. The number of carbonyl (C=O) groups excluding carboxylic acids is 1. The van der Waals surface area contributed by atoms with Gasteiger partial charge in [-0.25, -0.2) is 0 Å². The van der Waals surface area contributed by atoms with E-state index in [1.807, 2.05) is 49.0 Å². The molecule has 1 saturated heterocycles. The van der Waals surface area contributed by atoms with Crippen LogP contribution in [0.3, 0.4) is 0 Å². The maximum atomic E-state index is 11.9. The van der Waals surface area contributed by atoms with Crippen LogP contribution in [0.2, 0.25) is 0 Å². The Balaban J connectivity index is 1.71. The third kappa shape index (κ3) is 5.69. The van der Waals surface area contributed by atoms with Crippen LogP contribution in [0.5, 0.6) is 0 Å². The molecular formula is C16H24N2O2S. The molecule has 1 amide bonds. The minimum Gasteiger partial charge on any atom is -0.389 e. The number of benzene rings is 1. The van der Waals surface area contributed by atoms with E-state index in [0.717, 1.165) is 30.0 Å². The molecule has 0 spiro atoms. The highest BCUT2D eigenvalue weighted by Gasteiger charge is 2.29. The predicted molar refractivity (Wildman–Crippen MR) is 88.7 cm³/mol. The largest absolute Gasteiger partial charge is 0.389 e. The van der Waals surface area contributed by atoms with E-state index in [9.17, 15) is 9.90 Å². The summed E-state index contributed by atoms with van der Waals surface area (Å²) in [5, 5.41) is 16.6. The molecule has 1 atom stereocenters. The SMILES string of the molecule is CC(CC(=O)Nc1ccccc1)NCC1(O)CCSCC1. The fraction of sp³-hybridized carbons (Fsp3) is 0.562. The molecule has 5 heteroatoms. The zero-order chi connectivity index (χ0) is 15.1. The molecule has 4 nitrogen and oxygen atoms in total. The van der Waals surface area contributed by atoms with Crippen LogP contribution >= 0.6 is 11.8 Å². The Morgan fingerprint density at radius 3 is 2.67 bits per heavy atom. The molecule has 0 bridgehead atoms. The zero-order valence-corrected chi connectivity index (χ0v) is 13.3. The molecule has 0 aliphatic carbocycles. The van der Waals surface area contributed by atoms with Gasteiger partial charge in [0, 0.05) is 24.7 Å². The van der Waals surface area contributed by atoms with Crippen molar-refractivity contribution in [3.8, 4) is 0 Å². The summed E-state index contributed by atoms with van der Waals surface area (Å²) in [6, 6.07) is 9.51. The lowest BCUT2D eigenvalue weighted by Gasteiger charge is -2.33. The van der Waals surface area contributed by atoms with Crippen LogP contribution in [-0.2, 0) is 4.79 Å². The number of aliphatic hydroxyl groups is 1. The van der Waals surface area contributed by atoms with E-state index in [4.69, 9.17) is 0 Å². The summed E-state index contributed by atoms with van der Waals surface area (Å²) < 4.78 is 0. The standard InChI is InChI=1S/C16H24N2O2S/c1-13(17-12-16(20)7-9-21-10-8-16)11-15(19)18-14-5-3-2-4-6-14/h2-6,13,17,20H,7-12H2,1H3,(H,18,19). The maximum absolute atomic E-state index is 11.9. The normalized spacial score (nSPS) is 19.0. The molecule has 1 heterocycles. The highest BCUT2D eigenvalue weighted by Crippen LogP contribution is 2.26. The zero-order valence-electron chi connectivity index (χ0n) is 12.5. The first-order valence-corrected chi connectivity index (χ1v) is 8.61. The van der Waals surface area contributed by atoms with E-state index in [-0.39, 0.29) is 11.9 Å². The van der Waals surface area contributed by atoms with Crippen LogP contribution in [0.15, 0.2) is 30.3 Å². The molecule has 1 fully saturated rings. The highest BCUT2D eigenvalue weighted by molar-refractivity contribution is 7.99. The topological polar surface area (TPSA) is 61.4 Å². The molecule has 1 aromatic rings. The van der Waals surface area contributed by atoms with Crippen LogP contribution in [0.25, 0.3) is 0 Å². The Labute approximate surface area is 130 Å². The van der Waals surface area contributed by atoms with Crippen LogP contribution in [0.1, 0.15) is 26.2 Å². The number of hydrogen-bond acceptors (Lipinski definition) is 4. The van der Waals surface area contributed by atoms with Gasteiger partial charge in [-0.05, 0) is 43.4 Å². The average Bonchev–Trinajstić information content (AvgIpc) is 2.47. The third-order valence-corrected chi connectivity index (χ3v) is 4.74. The number of thioether (sulfide) groups is 1. The van der Waals surface area contributed by atoms with Gasteiger partial charge >= 0.3 is 0 Å². The van der Waals surface area contributed by atoms with E-state index < -0.39 is 5.60 Å². The van der Waals surface area contributed by atoms with Crippen molar-refractivity contribution < 1.29 is 9.90 Å². The van der Waals surface area contributed by atoms with Gasteiger partial charge < -0.3 is 15.7 Å². The van der Waals surface area contributed by atoms with Crippen molar-refractivity contribution in [3.05, 3.63) is 30.3 Å². The van der Waals surface area contributed by atoms with E-state index in [1.165, 1.54) is 0 Å². The fourth-order valence-electron chi connectivity index (χ4n) is 2.38. The third-order valence-electron chi connectivity index (χ3n) is 3.75. The summed E-state index contributed by atoms with van der Waals surface area (Å²) in [7, 11) is 0. The molecule has 1 aromatic carbocycles. The number of carbonyl (C=O) groups is 1. The molecular weight excluding hydrogens is 284 g/mol. The number of amides is 1. The van der Waals surface area contributed by atoms with Crippen molar-refractivity contribution in [1.29, 1.82) is 0 Å². The van der Waals surface area contributed by atoms with Gasteiger partial charge in [0.15, 0.2) is 0 Å². The smallest absolute Gasteiger partial charge is 0.225 e. The average molecular weight is 308 g/mol. The summed E-state index contributed by atoms with van der Waals surface area (Å²) in [6.45, 7) is 2.54. The molecule has 0 saturated carbocycles. The molecule has 21 heavy (non-hydrogen) atoms. The van der Waals surface area contributed by atoms with Gasteiger partial charge in [-0.3, -0.25) is 4.79 Å². The Morgan fingerprint density at radius 2 is 2.00 bits per heavy atom. The summed E-state index contributed by atoms with van der Waals surface area (Å²) in [4.78, 5) is 11.9. The molecule has 1 unspecified atom stereocenters. The number of anilines is 1. The number of rotatable bonds is 6. The van der Waals surface area contributed by atoms with Gasteiger partial charge in [-0.15, -0.1) is 0 Å². The first kappa shape index (κ1) is 16.3. The van der Waals surface area contributed by atoms with E-state index in [0.29, 0.717) is 13.0 Å². The van der Waals surface area contributed by atoms with Crippen molar-refractivity contribution in [2.75, 3.05) is 23.4 Å². The second-order valence-electron chi connectivity index (χ2n) is 5.74. The lowest BCUT2D eigenvalue weighted by molar-refractivity contribution is -0.116. The van der Waals surface area contributed by atoms with Gasteiger partial charge in [-0.1, -0.05) is 18.2 Å². The number of para-hydroxylation sites is 1. The number of hydrogen-bond donors (Lipinski definition) is 3. The molecule has 0 aromatic heterocycles. The lowest BCUT2D eigenvalue weighted by atomic mass is 9.96. The summed E-state index contributed by atoms with van der Waals surface area (Å²) in [6.07, 6.45) is 2.06. The van der Waals surface area contributed by atoms with Crippen LogP contribution in [-0.4, -0.2) is 40.7 Å². The van der Waals surface area contributed by atoms with Crippen molar-refractivity contribution in [1.82, 2.24) is 5.32 Å². The molecule has 3 N–H and O–H groups in total. The van der Waals surface area contributed by atoms with Crippen LogP contribution < -0.4 is 10.6 Å². The predicted octanol–water partition coefficient (Wildman–Crippen LogP) is 2.25. The molecule has 1 aliphatic rings. The molecule has 2 rings (SSSR count). The van der Waals surface area contributed by atoms with Crippen LogP contribution in [0.4, 0.5) is 5.69 Å². The Hall–Kier alpha value is -1.04. The van der Waals surface area contributed by atoms with Crippen molar-refractivity contribution in [2.24, 2.45) is 0 Å². The number of nitrogens with one attached hydrogen (secondary N) is 2. The van der Waals surface area contributed by atoms with E-state index in [1.54, 1.807) is 0 Å². The van der Waals surface area contributed by atoms with Gasteiger partial charge in [0.25, 0.3) is 0 Å². The van der Waals surface area contributed by atoms with Gasteiger partial charge in [-0.2, -0.15) is 11.8 Å². The Kier molecular flexibility index (Phi) is 6.08. The Bertz CT molecular complexity index is 447. The minimum absolute atomic E-state index is 0.00705. The van der Waals surface area contributed by atoms with Crippen molar-refractivity contribution in [3.63, 3.8) is 0 Å². The maximum Gasteiger partial charge on any atom is 0.225 e. The van der Waals surface area contributed by atoms with Crippen molar-refractivity contribution in [2.45, 2.75) is 37.8 Å². The molecule has 116 valence electrons. The quantitative estimate of drug-likeness (QED) is 0.754. The summed E-state index contributed by atoms with van der Waals surface area (Å²) >= 11 is 1.89.